The lowest BCUT2D eigenvalue weighted by Crippen LogP contribution is -2.09. The topological polar surface area (TPSA) is 88.8 Å². The van der Waals surface area contributed by atoms with E-state index in [0.29, 0.717) is 5.95 Å². The van der Waals surface area contributed by atoms with E-state index < -0.39 is 0 Å². The van der Waals surface area contributed by atoms with E-state index in [9.17, 15) is 0 Å². The molecule has 0 radical (unpaired) electrons. The number of anilines is 2. The third-order valence-electron chi connectivity index (χ3n) is 0.889. The zero-order valence-electron chi connectivity index (χ0n) is 6.46. The summed E-state index contributed by atoms with van der Waals surface area (Å²) in [5.41, 5.74) is 7.79. The average Bonchev–Trinajstić information content (AvgIpc) is 2.31. The van der Waals surface area contributed by atoms with Gasteiger partial charge < -0.3 is 5.73 Å². The first-order valence-electron chi connectivity index (χ1n) is 3.28. The van der Waals surface area contributed by atoms with Crippen molar-refractivity contribution >= 4 is 11.9 Å². The van der Waals surface area contributed by atoms with Crippen LogP contribution < -0.4 is 11.2 Å². The van der Waals surface area contributed by atoms with Gasteiger partial charge in [-0.15, -0.1) is 5.10 Å². The van der Waals surface area contributed by atoms with E-state index in [0.717, 1.165) is 0 Å². The van der Waals surface area contributed by atoms with Crippen LogP contribution >= 0.6 is 0 Å². The van der Waals surface area contributed by atoms with Gasteiger partial charge >= 0.3 is 0 Å². The SMILES string of the molecule is CC(C)ONc1n[nH]c(N)n1. The van der Waals surface area contributed by atoms with E-state index in [1.807, 2.05) is 13.8 Å². The molecule has 62 valence electrons. The number of aromatic amines is 1. The maximum Gasteiger partial charge on any atom is 0.267 e. The number of hydrogen-bond donors (Lipinski definition) is 3. The number of nitrogens with two attached hydrogens (primary N) is 1. The quantitative estimate of drug-likeness (QED) is 0.543. The van der Waals surface area contributed by atoms with Crippen LogP contribution in [0.2, 0.25) is 0 Å². The highest BCUT2D eigenvalue weighted by atomic mass is 16.7. The van der Waals surface area contributed by atoms with Crippen LogP contribution in [-0.2, 0) is 4.84 Å². The first-order valence-corrected chi connectivity index (χ1v) is 3.28. The largest absolute Gasteiger partial charge is 0.368 e. The molecule has 6 heteroatoms. The van der Waals surface area contributed by atoms with E-state index in [4.69, 9.17) is 10.6 Å². The van der Waals surface area contributed by atoms with Gasteiger partial charge in [0.15, 0.2) is 0 Å². The third-order valence-corrected chi connectivity index (χ3v) is 0.889. The molecule has 0 unspecified atom stereocenters. The predicted molar refractivity (Wildman–Crippen MR) is 40.6 cm³/mol. The van der Waals surface area contributed by atoms with Crippen molar-refractivity contribution in [1.82, 2.24) is 15.2 Å². The first kappa shape index (κ1) is 7.80. The Morgan fingerprint density at radius 3 is 2.82 bits per heavy atom. The molecule has 0 bridgehead atoms. The molecule has 0 amide bonds. The Morgan fingerprint density at radius 1 is 1.64 bits per heavy atom. The maximum absolute atomic E-state index is 5.26. The summed E-state index contributed by atoms with van der Waals surface area (Å²) in [4.78, 5) is 8.75. The van der Waals surface area contributed by atoms with Gasteiger partial charge in [-0.05, 0) is 13.8 Å². The fourth-order valence-corrected chi connectivity index (χ4v) is 0.491. The van der Waals surface area contributed by atoms with Crippen LogP contribution in [0.5, 0.6) is 0 Å². The average molecular weight is 157 g/mol. The highest BCUT2D eigenvalue weighted by molar-refractivity contribution is 5.26. The fraction of sp³-hybridized carbons (Fsp3) is 0.600. The number of nitrogen functional groups attached to an aromatic ring is 1. The number of hydrogen-bond acceptors (Lipinski definition) is 5. The van der Waals surface area contributed by atoms with Gasteiger partial charge in [-0.2, -0.15) is 4.98 Å². The summed E-state index contributed by atoms with van der Waals surface area (Å²) in [6, 6.07) is 0. The van der Waals surface area contributed by atoms with Crippen LogP contribution in [0.4, 0.5) is 11.9 Å². The lowest BCUT2D eigenvalue weighted by Gasteiger charge is -2.04. The summed E-state index contributed by atoms with van der Waals surface area (Å²) < 4.78 is 0. The Kier molecular flexibility index (Phi) is 2.27. The molecule has 6 nitrogen and oxygen atoms in total. The van der Waals surface area contributed by atoms with E-state index in [1.165, 1.54) is 0 Å². The first-order chi connectivity index (χ1) is 5.18. The second kappa shape index (κ2) is 3.20. The summed E-state index contributed by atoms with van der Waals surface area (Å²) in [5.74, 6) is 0.607. The Hall–Kier alpha value is -1.30. The van der Waals surface area contributed by atoms with Gasteiger partial charge in [0.1, 0.15) is 0 Å². The van der Waals surface area contributed by atoms with Gasteiger partial charge in [-0.25, -0.2) is 10.6 Å². The summed E-state index contributed by atoms with van der Waals surface area (Å²) in [6.07, 6.45) is 0.0784. The molecule has 0 aliphatic rings. The molecule has 4 N–H and O–H groups in total. The second-order valence-electron chi connectivity index (χ2n) is 2.31. The summed E-state index contributed by atoms with van der Waals surface area (Å²) >= 11 is 0. The fourth-order valence-electron chi connectivity index (χ4n) is 0.491. The van der Waals surface area contributed by atoms with Crippen LogP contribution in [0.3, 0.4) is 0 Å². The van der Waals surface area contributed by atoms with Gasteiger partial charge in [0.2, 0.25) is 5.95 Å². The van der Waals surface area contributed by atoms with Crippen molar-refractivity contribution in [2.45, 2.75) is 20.0 Å². The van der Waals surface area contributed by atoms with Crippen LogP contribution in [0.25, 0.3) is 0 Å². The number of aromatic nitrogens is 3. The van der Waals surface area contributed by atoms with Crippen molar-refractivity contribution in [3.05, 3.63) is 0 Å². The van der Waals surface area contributed by atoms with E-state index in [1.54, 1.807) is 0 Å². The molecule has 11 heavy (non-hydrogen) atoms. The molecule has 0 aliphatic carbocycles. The molecule has 1 rings (SSSR count). The van der Waals surface area contributed by atoms with Crippen molar-refractivity contribution in [2.75, 3.05) is 11.2 Å². The number of nitrogens with one attached hydrogen (secondary N) is 2. The molecule has 0 saturated carbocycles. The maximum atomic E-state index is 5.26. The Labute approximate surface area is 64.1 Å². The Bertz CT molecular complexity index is 220. The van der Waals surface area contributed by atoms with Crippen LogP contribution in [0, 0.1) is 0 Å². The van der Waals surface area contributed by atoms with Crippen molar-refractivity contribution < 1.29 is 4.84 Å². The minimum absolute atomic E-state index is 0.0784. The molecular formula is C5H11N5O. The molecule has 0 aliphatic heterocycles. The van der Waals surface area contributed by atoms with Crippen molar-refractivity contribution in [3.8, 4) is 0 Å². The van der Waals surface area contributed by atoms with Gasteiger partial charge in [0, 0.05) is 0 Å². The Morgan fingerprint density at radius 2 is 2.36 bits per heavy atom. The Balaban J connectivity index is 2.39. The summed E-state index contributed by atoms with van der Waals surface area (Å²) in [6.45, 7) is 3.78. The molecule has 0 fully saturated rings. The smallest absolute Gasteiger partial charge is 0.267 e. The number of rotatable bonds is 3. The standard InChI is InChI=1S/C5H11N5O/c1-3(2)11-10-5-7-4(6)8-9-5/h3H,1-2H3,(H4,6,7,8,9,10). The molecule has 1 aromatic rings. The monoisotopic (exact) mass is 157 g/mol. The molecule has 1 aromatic heterocycles. The summed E-state index contributed by atoms with van der Waals surface area (Å²) in [7, 11) is 0. The van der Waals surface area contributed by atoms with Crippen molar-refractivity contribution in [3.63, 3.8) is 0 Å². The molecule has 0 aromatic carbocycles. The molecule has 0 saturated heterocycles. The van der Waals surface area contributed by atoms with Crippen LogP contribution in [0.1, 0.15) is 13.8 Å². The summed E-state index contributed by atoms with van der Waals surface area (Å²) in [5, 5.41) is 6.16. The van der Waals surface area contributed by atoms with Crippen molar-refractivity contribution in [1.29, 1.82) is 0 Å². The zero-order chi connectivity index (χ0) is 8.27. The predicted octanol–water partition coefficient (Wildman–Crippen LogP) is 0.139. The van der Waals surface area contributed by atoms with Gasteiger partial charge in [0.25, 0.3) is 5.95 Å². The molecule has 0 spiro atoms. The van der Waals surface area contributed by atoms with Gasteiger partial charge in [0.05, 0.1) is 6.10 Å². The van der Waals surface area contributed by atoms with Crippen LogP contribution in [0.15, 0.2) is 0 Å². The minimum Gasteiger partial charge on any atom is -0.368 e. The zero-order valence-corrected chi connectivity index (χ0v) is 6.46. The minimum atomic E-state index is 0.0784. The van der Waals surface area contributed by atoms with E-state index in [-0.39, 0.29) is 12.1 Å². The van der Waals surface area contributed by atoms with E-state index in [2.05, 4.69) is 20.7 Å². The molecular weight excluding hydrogens is 146 g/mol. The number of H-pyrrole nitrogens is 1. The van der Waals surface area contributed by atoms with E-state index >= 15 is 0 Å². The van der Waals surface area contributed by atoms with Crippen LogP contribution in [-0.4, -0.2) is 21.3 Å². The third kappa shape index (κ3) is 2.42. The second-order valence-corrected chi connectivity index (χ2v) is 2.31. The number of nitrogens with zero attached hydrogens (tertiary/aromatic N) is 2. The molecule has 1 heterocycles. The van der Waals surface area contributed by atoms with Crippen molar-refractivity contribution in [2.24, 2.45) is 0 Å². The highest BCUT2D eigenvalue weighted by Crippen LogP contribution is 1.99. The normalized spacial score (nSPS) is 10.5. The lowest BCUT2D eigenvalue weighted by molar-refractivity contribution is 0.128. The lowest BCUT2D eigenvalue weighted by atomic mass is 10.5. The van der Waals surface area contributed by atoms with Gasteiger partial charge in [-0.3, -0.25) is 4.84 Å². The van der Waals surface area contributed by atoms with Gasteiger partial charge in [-0.1, -0.05) is 0 Å². The highest BCUT2D eigenvalue weighted by Gasteiger charge is 1.99. The molecule has 0 atom stereocenters.